The summed E-state index contributed by atoms with van der Waals surface area (Å²) in [6, 6.07) is 5.95. The first-order chi connectivity index (χ1) is 6.77. The zero-order valence-corrected chi connectivity index (χ0v) is 8.38. The molecular weight excluding hydrogens is 176 g/mol. The van der Waals surface area contributed by atoms with Gasteiger partial charge in [-0.2, -0.15) is 0 Å². The van der Waals surface area contributed by atoms with E-state index in [-0.39, 0.29) is 0 Å². The Bertz CT molecular complexity index is 355. The normalized spacial score (nSPS) is 14.6. The molecule has 0 fully saturated rings. The molecule has 0 saturated carbocycles. The van der Waals surface area contributed by atoms with Gasteiger partial charge in [-0.05, 0) is 24.6 Å². The molecule has 0 bridgehead atoms. The number of benzene rings is 1. The number of hydrogen-bond donors (Lipinski definition) is 0. The Hall–Kier alpha value is -1.44. The zero-order valence-electron chi connectivity index (χ0n) is 8.38. The van der Waals surface area contributed by atoms with Crippen LogP contribution in [-0.2, 0) is 0 Å². The van der Waals surface area contributed by atoms with Crippen molar-refractivity contribution in [1.82, 2.24) is 0 Å². The van der Waals surface area contributed by atoms with Crippen LogP contribution in [0.25, 0.3) is 5.57 Å². The maximum Gasteiger partial charge on any atom is 0.161 e. The van der Waals surface area contributed by atoms with Crippen molar-refractivity contribution in [1.29, 1.82) is 0 Å². The molecule has 0 spiro atoms. The zero-order chi connectivity index (χ0) is 9.97. The summed E-state index contributed by atoms with van der Waals surface area (Å²) in [6.07, 6.45) is 0.942. The number of allylic oxidation sites excluding steroid dienone is 1. The minimum atomic E-state index is 0.729. The highest BCUT2D eigenvalue weighted by Crippen LogP contribution is 2.31. The average molecular weight is 190 g/mol. The summed E-state index contributed by atoms with van der Waals surface area (Å²) in [7, 11) is 0. The van der Waals surface area contributed by atoms with Crippen molar-refractivity contribution in [2.24, 2.45) is 0 Å². The Balaban J connectivity index is 2.37. The number of hydrogen-bond acceptors (Lipinski definition) is 2. The van der Waals surface area contributed by atoms with Crippen LogP contribution < -0.4 is 9.47 Å². The third-order valence-corrected chi connectivity index (χ3v) is 2.24. The molecule has 2 nitrogen and oxygen atoms in total. The summed E-state index contributed by atoms with van der Waals surface area (Å²) in [4.78, 5) is 0. The van der Waals surface area contributed by atoms with E-state index in [1.54, 1.807) is 0 Å². The predicted molar refractivity (Wildman–Crippen MR) is 56.8 cm³/mol. The van der Waals surface area contributed by atoms with Crippen LogP contribution in [0.4, 0.5) is 0 Å². The first-order valence-corrected chi connectivity index (χ1v) is 4.83. The summed E-state index contributed by atoms with van der Waals surface area (Å²) in [6.45, 7) is 7.35. The van der Waals surface area contributed by atoms with Gasteiger partial charge in [0.15, 0.2) is 11.5 Å². The molecule has 0 atom stereocenters. The first kappa shape index (κ1) is 9.13. The monoisotopic (exact) mass is 190 g/mol. The summed E-state index contributed by atoms with van der Waals surface area (Å²) in [5.41, 5.74) is 2.15. The van der Waals surface area contributed by atoms with Crippen LogP contribution in [0.15, 0.2) is 24.8 Å². The highest BCUT2D eigenvalue weighted by Gasteiger charge is 2.10. The molecule has 0 aliphatic carbocycles. The highest BCUT2D eigenvalue weighted by atomic mass is 16.5. The predicted octanol–water partition coefficient (Wildman–Crippen LogP) is 2.88. The number of ether oxygens (including phenoxy) is 2. The molecule has 2 heteroatoms. The van der Waals surface area contributed by atoms with E-state index in [0.717, 1.165) is 42.3 Å². The van der Waals surface area contributed by atoms with Gasteiger partial charge in [0.2, 0.25) is 0 Å². The summed E-state index contributed by atoms with van der Waals surface area (Å²) < 4.78 is 11.1. The van der Waals surface area contributed by atoms with E-state index in [0.29, 0.717) is 0 Å². The van der Waals surface area contributed by atoms with Gasteiger partial charge in [0.1, 0.15) is 0 Å². The second-order valence-electron chi connectivity index (χ2n) is 3.49. The molecule has 0 aromatic heterocycles. The number of rotatable bonds is 1. The molecule has 0 radical (unpaired) electrons. The van der Waals surface area contributed by atoms with Crippen molar-refractivity contribution in [2.45, 2.75) is 13.3 Å². The SMILES string of the molecule is C=C(C)c1ccc2c(c1)OCCCO2. The van der Waals surface area contributed by atoms with Crippen molar-refractivity contribution in [3.8, 4) is 11.5 Å². The lowest BCUT2D eigenvalue weighted by atomic mass is 10.1. The molecule has 2 rings (SSSR count). The molecular formula is C12H14O2. The molecule has 74 valence electrons. The van der Waals surface area contributed by atoms with Gasteiger partial charge in [-0.25, -0.2) is 0 Å². The first-order valence-electron chi connectivity index (χ1n) is 4.83. The summed E-state index contributed by atoms with van der Waals surface area (Å²) in [5, 5.41) is 0. The molecule has 1 aliphatic rings. The maximum absolute atomic E-state index is 5.57. The van der Waals surface area contributed by atoms with Crippen LogP contribution in [0.5, 0.6) is 11.5 Å². The summed E-state index contributed by atoms with van der Waals surface area (Å²) in [5.74, 6) is 1.68. The second-order valence-corrected chi connectivity index (χ2v) is 3.49. The highest BCUT2D eigenvalue weighted by molar-refractivity contribution is 5.64. The lowest BCUT2D eigenvalue weighted by Crippen LogP contribution is -1.97. The fourth-order valence-electron chi connectivity index (χ4n) is 1.43. The lowest BCUT2D eigenvalue weighted by Gasteiger charge is -2.08. The molecule has 0 unspecified atom stereocenters. The van der Waals surface area contributed by atoms with Crippen molar-refractivity contribution in [3.05, 3.63) is 30.3 Å². The Kier molecular flexibility index (Phi) is 2.44. The van der Waals surface area contributed by atoms with E-state index >= 15 is 0 Å². The van der Waals surface area contributed by atoms with Gasteiger partial charge in [-0.15, -0.1) is 0 Å². The van der Waals surface area contributed by atoms with Gasteiger partial charge in [-0.3, -0.25) is 0 Å². The third-order valence-electron chi connectivity index (χ3n) is 2.24. The van der Waals surface area contributed by atoms with Gasteiger partial charge >= 0.3 is 0 Å². The lowest BCUT2D eigenvalue weighted by molar-refractivity contribution is 0.297. The fourth-order valence-corrected chi connectivity index (χ4v) is 1.43. The minimum absolute atomic E-state index is 0.729. The second kappa shape index (κ2) is 3.74. The Morgan fingerprint density at radius 2 is 1.93 bits per heavy atom. The van der Waals surface area contributed by atoms with Crippen molar-refractivity contribution in [2.75, 3.05) is 13.2 Å². The Morgan fingerprint density at radius 3 is 2.64 bits per heavy atom. The molecule has 0 amide bonds. The quantitative estimate of drug-likeness (QED) is 0.678. The van der Waals surface area contributed by atoms with E-state index in [9.17, 15) is 0 Å². The van der Waals surface area contributed by atoms with Gasteiger partial charge in [-0.1, -0.05) is 18.2 Å². The van der Waals surface area contributed by atoms with E-state index in [1.807, 2.05) is 25.1 Å². The molecule has 1 aromatic carbocycles. The molecule has 0 saturated heterocycles. The third kappa shape index (κ3) is 1.74. The van der Waals surface area contributed by atoms with Gasteiger partial charge in [0, 0.05) is 6.42 Å². The summed E-state index contributed by atoms with van der Waals surface area (Å²) >= 11 is 0. The van der Waals surface area contributed by atoms with Crippen molar-refractivity contribution >= 4 is 5.57 Å². The topological polar surface area (TPSA) is 18.5 Å². The van der Waals surface area contributed by atoms with Gasteiger partial charge in [0.05, 0.1) is 13.2 Å². The molecule has 1 aromatic rings. The van der Waals surface area contributed by atoms with Crippen LogP contribution >= 0.6 is 0 Å². The van der Waals surface area contributed by atoms with Gasteiger partial charge in [0.25, 0.3) is 0 Å². The smallest absolute Gasteiger partial charge is 0.161 e. The van der Waals surface area contributed by atoms with E-state index in [1.165, 1.54) is 0 Å². The van der Waals surface area contributed by atoms with Crippen LogP contribution in [0.3, 0.4) is 0 Å². The maximum atomic E-state index is 5.57. The van der Waals surface area contributed by atoms with Crippen LogP contribution in [-0.4, -0.2) is 13.2 Å². The minimum Gasteiger partial charge on any atom is -0.490 e. The van der Waals surface area contributed by atoms with Gasteiger partial charge < -0.3 is 9.47 Å². The largest absolute Gasteiger partial charge is 0.490 e. The average Bonchev–Trinajstić information content (AvgIpc) is 2.41. The van der Waals surface area contributed by atoms with E-state index in [4.69, 9.17) is 9.47 Å². The Morgan fingerprint density at radius 1 is 1.21 bits per heavy atom. The van der Waals surface area contributed by atoms with E-state index < -0.39 is 0 Å². The van der Waals surface area contributed by atoms with Crippen LogP contribution in [0.2, 0.25) is 0 Å². The Labute approximate surface area is 84.2 Å². The fraction of sp³-hybridized carbons (Fsp3) is 0.333. The van der Waals surface area contributed by atoms with Crippen molar-refractivity contribution < 1.29 is 9.47 Å². The van der Waals surface area contributed by atoms with E-state index in [2.05, 4.69) is 6.58 Å². The van der Waals surface area contributed by atoms with Crippen molar-refractivity contribution in [3.63, 3.8) is 0 Å². The number of fused-ring (bicyclic) bond motifs is 1. The molecule has 1 aliphatic heterocycles. The van der Waals surface area contributed by atoms with Crippen LogP contribution in [0.1, 0.15) is 18.9 Å². The molecule has 14 heavy (non-hydrogen) atoms. The standard InChI is InChI=1S/C12H14O2/c1-9(2)10-4-5-11-12(8-10)14-7-3-6-13-11/h4-5,8H,1,3,6-7H2,2H3. The molecule has 1 heterocycles. The molecule has 0 N–H and O–H groups in total. The van der Waals surface area contributed by atoms with Crippen LogP contribution in [0, 0.1) is 0 Å².